The van der Waals surface area contributed by atoms with Crippen LogP contribution in [0.4, 0.5) is 4.39 Å². The van der Waals surface area contributed by atoms with E-state index in [9.17, 15) is 14.0 Å². The molecule has 5 rings (SSSR count). The lowest BCUT2D eigenvalue weighted by atomic mass is 9.94. The van der Waals surface area contributed by atoms with Crippen molar-refractivity contribution in [3.05, 3.63) is 69.0 Å². The van der Waals surface area contributed by atoms with Gasteiger partial charge in [0.2, 0.25) is 0 Å². The van der Waals surface area contributed by atoms with Gasteiger partial charge < -0.3 is 4.90 Å². The van der Waals surface area contributed by atoms with Gasteiger partial charge in [-0.05, 0) is 51.0 Å². The van der Waals surface area contributed by atoms with Crippen LogP contribution in [0.25, 0.3) is 5.65 Å². The molecule has 7 nitrogen and oxygen atoms in total. The van der Waals surface area contributed by atoms with Gasteiger partial charge in [0, 0.05) is 61.9 Å². The monoisotopic (exact) mass is 437 g/mol. The number of H-pyrrole nitrogens is 1. The minimum Gasteiger partial charge on any atom is -0.338 e. The molecule has 0 bridgehead atoms. The van der Waals surface area contributed by atoms with Crippen LogP contribution in [0, 0.1) is 5.82 Å². The molecule has 0 spiro atoms. The number of carbonyl (C=O) groups excluding carboxylic acids is 1. The van der Waals surface area contributed by atoms with Crippen molar-refractivity contribution >= 4 is 11.6 Å². The molecule has 1 amide bonds. The summed E-state index contributed by atoms with van der Waals surface area (Å²) in [5.41, 5.74) is 3.69. The largest absolute Gasteiger partial charge is 0.338 e. The molecule has 3 aromatic rings. The summed E-state index contributed by atoms with van der Waals surface area (Å²) in [6.45, 7) is 7.04. The van der Waals surface area contributed by atoms with Gasteiger partial charge in [0.05, 0.1) is 11.3 Å². The van der Waals surface area contributed by atoms with Crippen LogP contribution in [0.5, 0.6) is 0 Å². The minimum atomic E-state index is -0.353. The van der Waals surface area contributed by atoms with Crippen LogP contribution in [0.15, 0.2) is 35.1 Å². The first-order valence-electron chi connectivity index (χ1n) is 11.3. The number of piperidine rings is 1. The van der Waals surface area contributed by atoms with Crippen molar-refractivity contribution in [1.82, 2.24) is 24.4 Å². The topological polar surface area (TPSA) is 73.7 Å². The zero-order chi connectivity index (χ0) is 22.4. The van der Waals surface area contributed by atoms with E-state index in [2.05, 4.69) is 23.8 Å². The number of amides is 1. The van der Waals surface area contributed by atoms with E-state index in [1.54, 1.807) is 4.52 Å². The molecular weight excluding hydrogens is 409 g/mol. The Morgan fingerprint density at radius 2 is 2.00 bits per heavy atom. The first-order valence-corrected chi connectivity index (χ1v) is 11.3. The van der Waals surface area contributed by atoms with Gasteiger partial charge in [0.15, 0.2) is 5.65 Å². The standard InChI is InChI=1S/C24H28FN5O2/c1-15(2)28-11-9-20-19(14-28)24(32)30-22(26-20)12-21(27-30)17-4-3-10-29(13-17)23(31)16-5-7-18(25)8-6-16/h5-8,12,15,17,27H,3-4,9-11,13-14H2,1-2H3/t17-/m1/s1. The Morgan fingerprint density at radius 3 is 2.75 bits per heavy atom. The SMILES string of the molecule is CC(C)N1CCc2nc3cc([C@@H]4CCCN(C(=O)c5ccc(F)cc5)C4)[nH]n3c(=O)c2C1. The highest BCUT2D eigenvalue weighted by atomic mass is 19.1. The highest BCUT2D eigenvalue weighted by Crippen LogP contribution is 2.28. The summed E-state index contributed by atoms with van der Waals surface area (Å²) in [7, 11) is 0. The Morgan fingerprint density at radius 1 is 1.22 bits per heavy atom. The van der Waals surface area contributed by atoms with Gasteiger partial charge in [0.1, 0.15) is 5.82 Å². The molecule has 0 unspecified atom stereocenters. The second-order valence-corrected chi connectivity index (χ2v) is 9.16. The molecule has 0 aliphatic carbocycles. The highest BCUT2D eigenvalue weighted by Gasteiger charge is 2.28. The summed E-state index contributed by atoms with van der Waals surface area (Å²) < 4.78 is 14.8. The van der Waals surface area contributed by atoms with Crippen molar-refractivity contribution in [2.75, 3.05) is 19.6 Å². The molecule has 2 aliphatic rings. The smallest absolute Gasteiger partial charge is 0.277 e. The predicted molar refractivity (Wildman–Crippen MR) is 119 cm³/mol. The van der Waals surface area contributed by atoms with Gasteiger partial charge in [-0.15, -0.1) is 0 Å². The molecule has 2 aromatic heterocycles. The Labute approximate surface area is 185 Å². The van der Waals surface area contributed by atoms with Crippen LogP contribution < -0.4 is 5.56 Å². The Balaban J connectivity index is 1.41. The number of fused-ring (bicyclic) bond motifs is 2. The maximum absolute atomic E-state index is 13.2. The number of rotatable bonds is 3. The van der Waals surface area contributed by atoms with E-state index < -0.39 is 0 Å². The van der Waals surface area contributed by atoms with E-state index in [0.717, 1.165) is 42.8 Å². The molecule has 32 heavy (non-hydrogen) atoms. The molecule has 8 heteroatoms. The number of likely N-dealkylation sites (tertiary alicyclic amines) is 1. The maximum atomic E-state index is 13.2. The number of benzene rings is 1. The number of nitrogens with one attached hydrogen (secondary N) is 1. The molecule has 1 aromatic carbocycles. The van der Waals surface area contributed by atoms with Crippen molar-refractivity contribution in [1.29, 1.82) is 0 Å². The third kappa shape index (κ3) is 3.72. The lowest BCUT2D eigenvalue weighted by Gasteiger charge is -2.32. The number of hydrogen-bond acceptors (Lipinski definition) is 4. The van der Waals surface area contributed by atoms with E-state index in [-0.39, 0.29) is 23.2 Å². The Kier molecular flexibility index (Phi) is 5.33. The lowest BCUT2D eigenvalue weighted by Crippen LogP contribution is -2.40. The second-order valence-electron chi connectivity index (χ2n) is 9.16. The first kappa shape index (κ1) is 20.9. The number of nitrogens with zero attached hydrogens (tertiary/aromatic N) is 4. The normalized spacial score (nSPS) is 19.5. The van der Waals surface area contributed by atoms with Crippen LogP contribution in [-0.2, 0) is 13.0 Å². The van der Waals surface area contributed by atoms with Crippen LogP contribution in [0.3, 0.4) is 0 Å². The zero-order valence-corrected chi connectivity index (χ0v) is 18.5. The summed E-state index contributed by atoms with van der Waals surface area (Å²) >= 11 is 0. The number of hydrogen-bond donors (Lipinski definition) is 1. The fraction of sp³-hybridized carbons (Fsp3) is 0.458. The van der Waals surface area contributed by atoms with Crippen LogP contribution >= 0.6 is 0 Å². The molecule has 1 saturated heterocycles. The molecule has 1 atom stereocenters. The molecule has 4 heterocycles. The number of aromatic amines is 1. The fourth-order valence-corrected chi connectivity index (χ4v) is 4.86. The Bertz CT molecular complexity index is 1210. The number of carbonyl (C=O) groups is 1. The number of halogens is 1. The quantitative estimate of drug-likeness (QED) is 0.684. The maximum Gasteiger partial charge on any atom is 0.277 e. The van der Waals surface area contributed by atoms with Gasteiger partial charge in [-0.3, -0.25) is 19.6 Å². The van der Waals surface area contributed by atoms with E-state index in [4.69, 9.17) is 4.98 Å². The highest BCUT2D eigenvalue weighted by molar-refractivity contribution is 5.94. The van der Waals surface area contributed by atoms with E-state index in [0.29, 0.717) is 36.9 Å². The first-order chi connectivity index (χ1) is 15.4. The zero-order valence-electron chi connectivity index (χ0n) is 18.5. The molecule has 1 N–H and O–H groups in total. The molecule has 1 fully saturated rings. The average Bonchev–Trinajstić information content (AvgIpc) is 3.23. The lowest BCUT2D eigenvalue weighted by molar-refractivity contribution is 0.0705. The van der Waals surface area contributed by atoms with Gasteiger partial charge >= 0.3 is 0 Å². The summed E-state index contributed by atoms with van der Waals surface area (Å²) in [5, 5.41) is 3.27. The van der Waals surface area contributed by atoms with E-state index >= 15 is 0 Å². The fourth-order valence-electron chi connectivity index (χ4n) is 4.86. The third-order valence-corrected chi connectivity index (χ3v) is 6.78. The summed E-state index contributed by atoms with van der Waals surface area (Å²) in [5.74, 6) is -0.350. The molecular formula is C24H28FN5O2. The Hall–Kier alpha value is -3.00. The summed E-state index contributed by atoms with van der Waals surface area (Å²) in [6, 6.07) is 8.01. The minimum absolute atomic E-state index is 0.0309. The molecule has 0 radical (unpaired) electrons. The van der Waals surface area contributed by atoms with Crippen LogP contribution in [0.2, 0.25) is 0 Å². The van der Waals surface area contributed by atoms with E-state index in [1.165, 1.54) is 24.3 Å². The van der Waals surface area contributed by atoms with Crippen molar-refractivity contribution in [3.8, 4) is 0 Å². The molecule has 2 aliphatic heterocycles. The van der Waals surface area contributed by atoms with Crippen LogP contribution in [0.1, 0.15) is 59.9 Å². The van der Waals surface area contributed by atoms with Crippen molar-refractivity contribution < 1.29 is 9.18 Å². The van der Waals surface area contributed by atoms with Gasteiger partial charge in [-0.25, -0.2) is 13.9 Å². The number of aromatic nitrogens is 3. The average molecular weight is 438 g/mol. The van der Waals surface area contributed by atoms with Gasteiger partial charge in [0.25, 0.3) is 11.5 Å². The molecule has 0 saturated carbocycles. The second kappa shape index (κ2) is 8.16. The van der Waals surface area contributed by atoms with Crippen molar-refractivity contribution in [2.45, 2.75) is 51.6 Å². The third-order valence-electron chi connectivity index (χ3n) is 6.78. The molecule has 168 valence electrons. The van der Waals surface area contributed by atoms with Crippen molar-refractivity contribution in [2.24, 2.45) is 0 Å². The van der Waals surface area contributed by atoms with Crippen molar-refractivity contribution in [3.63, 3.8) is 0 Å². The van der Waals surface area contributed by atoms with Gasteiger partial charge in [-0.2, -0.15) is 0 Å². The summed E-state index contributed by atoms with van der Waals surface area (Å²) in [6.07, 6.45) is 2.58. The predicted octanol–water partition coefficient (Wildman–Crippen LogP) is 2.95. The van der Waals surface area contributed by atoms with E-state index in [1.807, 2.05) is 11.0 Å². The van der Waals surface area contributed by atoms with Crippen LogP contribution in [-0.4, -0.2) is 56.0 Å². The van der Waals surface area contributed by atoms with Gasteiger partial charge in [-0.1, -0.05) is 0 Å². The summed E-state index contributed by atoms with van der Waals surface area (Å²) in [4.78, 5) is 35.0.